The van der Waals surface area contributed by atoms with E-state index in [9.17, 15) is 4.79 Å². The normalized spacial score (nSPS) is 17.1. The third kappa shape index (κ3) is 3.82. The Morgan fingerprint density at radius 2 is 2.29 bits per heavy atom. The minimum atomic E-state index is -0.142. The molecule has 1 aliphatic heterocycles. The van der Waals surface area contributed by atoms with Crippen molar-refractivity contribution in [2.45, 2.75) is 25.9 Å². The number of amides is 2. The SMILES string of the molecule is Cc1c(CNC(=O)NC2CCN(c3cccc(Cl)c3)C2)cnn1C. The van der Waals surface area contributed by atoms with Gasteiger partial charge in [-0.2, -0.15) is 5.10 Å². The molecule has 1 fully saturated rings. The molecule has 1 unspecified atom stereocenters. The molecule has 1 aromatic carbocycles. The minimum absolute atomic E-state index is 0.138. The van der Waals surface area contributed by atoms with Crippen LogP contribution in [0.2, 0.25) is 5.02 Å². The van der Waals surface area contributed by atoms with Crippen LogP contribution in [0.3, 0.4) is 0 Å². The van der Waals surface area contributed by atoms with E-state index < -0.39 is 0 Å². The summed E-state index contributed by atoms with van der Waals surface area (Å²) >= 11 is 6.04. The lowest BCUT2D eigenvalue weighted by molar-refractivity contribution is 0.237. The molecule has 2 amide bonds. The fraction of sp³-hybridized carbons (Fsp3) is 0.412. The number of rotatable bonds is 4. The fourth-order valence-electron chi connectivity index (χ4n) is 2.92. The molecule has 2 N–H and O–H groups in total. The molecule has 0 bridgehead atoms. The van der Waals surface area contributed by atoms with E-state index in [-0.39, 0.29) is 12.1 Å². The molecule has 128 valence electrons. The van der Waals surface area contributed by atoms with E-state index in [0.717, 1.165) is 41.5 Å². The van der Waals surface area contributed by atoms with E-state index in [4.69, 9.17) is 11.6 Å². The molecule has 6 nitrogen and oxygen atoms in total. The fourth-order valence-corrected chi connectivity index (χ4v) is 3.10. The molecule has 1 atom stereocenters. The highest BCUT2D eigenvalue weighted by Crippen LogP contribution is 2.23. The Kier molecular flexibility index (Phi) is 4.94. The first-order valence-corrected chi connectivity index (χ1v) is 8.43. The molecule has 1 aromatic heterocycles. The molecule has 2 aromatic rings. The second kappa shape index (κ2) is 7.13. The Morgan fingerprint density at radius 1 is 1.46 bits per heavy atom. The van der Waals surface area contributed by atoms with Crippen LogP contribution in [-0.4, -0.2) is 34.9 Å². The van der Waals surface area contributed by atoms with Crippen LogP contribution in [-0.2, 0) is 13.6 Å². The number of nitrogens with one attached hydrogen (secondary N) is 2. The highest BCUT2D eigenvalue weighted by molar-refractivity contribution is 6.30. The Bertz CT molecular complexity index is 730. The van der Waals surface area contributed by atoms with Gasteiger partial charge in [0.1, 0.15) is 0 Å². The van der Waals surface area contributed by atoms with E-state index in [0.29, 0.717) is 6.54 Å². The minimum Gasteiger partial charge on any atom is -0.369 e. The molecule has 2 heterocycles. The van der Waals surface area contributed by atoms with Crippen molar-refractivity contribution in [2.75, 3.05) is 18.0 Å². The first-order chi connectivity index (χ1) is 11.5. The standard InChI is InChI=1S/C17H22ClN5O/c1-12-13(10-20-22(12)2)9-19-17(24)21-15-6-7-23(11-15)16-5-3-4-14(18)8-16/h3-5,8,10,15H,6-7,9,11H2,1-2H3,(H2,19,21,24). The van der Waals surface area contributed by atoms with Gasteiger partial charge in [-0.25, -0.2) is 4.79 Å². The number of urea groups is 1. The lowest BCUT2D eigenvalue weighted by Gasteiger charge is -2.19. The van der Waals surface area contributed by atoms with Gasteiger partial charge in [-0.3, -0.25) is 4.68 Å². The number of nitrogens with zero attached hydrogens (tertiary/aromatic N) is 3. The van der Waals surface area contributed by atoms with Crippen molar-refractivity contribution in [3.05, 3.63) is 46.7 Å². The van der Waals surface area contributed by atoms with Crippen molar-refractivity contribution in [1.29, 1.82) is 0 Å². The van der Waals surface area contributed by atoms with Gasteiger partial charge < -0.3 is 15.5 Å². The summed E-state index contributed by atoms with van der Waals surface area (Å²) in [5, 5.41) is 10.8. The topological polar surface area (TPSA) is 62.2 Å². The summed E-state index contributed by atoms with van der Waals surface area (Å²) in [4.78, 5) is 14.3. The number of halogens is 1. The van der Waals surface area contributed by atoms with Gasteiger partial charge in [0.2, 0.25) is 0 Å². The van der Waals surface area contributed by atoms with Crippen LogP contribution in [0, 0.1) is 6.92 Å². The number of hydrogen-bond donors (Lipinski definition) is 2. The smallest absolute Gasteiger partial charge is 0.315 e. The second-order valence-corrected chi connectivity index (χ2v) is 6.55. The molecule has 0 saturated carbocycles. The van der Waals surface area contributed by atoms with E-state index in [1.807, 2.05) is 38.2 Å². The van der Waals surface area contributed by atoms with Crippen molar-refractivity contribution < 1.29 is 4.79 Å². The number of carbonyl (C=O) groups excluding carboxylic acids is 1. The molecule has 1 aliphatic rings. The van der Waals surface area contributed by atoms with Gasteiger partial charge in [0.25, 0.3) is 0 Å². The maximum atomic E-state index is 12.1. The van der Waals surface area contributed by atoms with Gasteiger partial charge in [0, 0.05) is 54.7 Å². The zero-order chi connectivity index (χ0) is 17.1. The van der Waals surface area contributed by atoms with Crippen molar-refractivity contribution in [2.24, 2.45) is 7.05 Å². The molecule has 0 radical (unpaired) electrons. The lowest BCUT2D eigenvalue weighted by Crippen LogP contribution is -2.43. The summed E-state index contributed by atoms with van der Waals surface area (Å²) < 4.78 is 1.80. The van der Waals surface area contributed by atoms with Crippen molar-refractivity contribution >= 4 is 23.3 Å². The number of carbonyl (C=O) groups is 1. The van der Waals surface area contributed by atoms with Crippen molar-refractivity contribution in [3.8, 4) is 0 Å². The summed E-state index contributed by atoms with van der Waals surface area (Å²) in [6, 6.07) is 7.80. The Hall–Kier alpha value is -2.21. The first-order valence-electron chi connectivity index (χ1n) is 8.05. The third-order valence-electron chi connectivity index (χ3n) is 4.47. The molecule has 1 saturated heterocycles. The quantitative estimate of drug-likeness (QED) is 0.893. The number of anilines is 1. The third-order valence-corrected chi connectivity index (χ3v) is 4.71. The summed E-state index contributed by atoms with van der Waals surface area (Å²) in [5.41, 5.74) is 3.18. The number of hydrogen-bond acceptors (Lipinski definition) is 3. The van der Waals surface area contributed by atoms with Crippen LogP contribution >= 0.6 is 11.6 Å². The molecule has 0 spiro atoms. The average molecular weight is 348 g/mol. The number of benzene rings is 1. The van der Waals surface area contributed by atoms with Crippen LogP contribution < -0.4 is 15.5 Å². The van der Waals surface area contributed by atoms with E-state index >= 15 is 0 Å². The van der Waals surface area contributed by atoms with Crippen LogP contribution in [0.4, 0.5) is 10.5 Å². The van der Waals surface area contributed by atoms with E-state index in [1.165, 1.54) is 0 Å². The summed E-state index contributed by atoms with van der Waals surface area (Å²) in [5.74, 6) is 0. The summed E-state index contributed by atoms with van der Waals surface area (Å²) in [6.07, 6.45) is 2.71. The van der Waals surface area contributed by atoms with Crippen LogP contribution in [0.5, 0.6) is 0 Å². The highest BCUT2D eigenvalue weighted by Gasteiger charge is 2.24. The largest absolute Gasteiger partial charge is 0.369 e. The molecule has 3 rings (SSSR count). The zero-order valence-corrected chi connectivity index (χ0v) is 14.7. The second-order valence-electron chi connectivity index (χ2n) is 6.12. The van der Waals surface area contributed by atoms with Gasteiger partial charge in [-0.15, -0.1) is 0 Å². The Labute approximate surface area is 146 Å². The van der Waals surface area contributed by atoms with Gasteiger partial charge in [0.15, 0.2) is 0 Å². The highest BCUT2D eigenvalue weighted by atomic mass is 35.5. The number of aryl methyl sites for hydroxylation is 1. The summed E-state index contributed by atoms with van der Waals surface area (Å²) in [6.45, 7) is 4.17. The van der Waals surface area contributed by atoms with Crippen LogP contribution in [0.25, 0.3) is 0 Å². The van der Waals surface area contributed by atoms with Crippen LogP contribution in [0.1, 0.15) is 17.7 Å². The molecule has 0 aliphatic carbocycles. The van der Waals surface area contributed by atoms with Crippen molar-refractivity contribution in [1.82, 2.24) is 20.4 Å². The zero-order valence-electron chi connectivity index (χ0n) is 13.9. The first kappa shape index (κ1) is 16.6. The Morgan fingerprint density at radius 3 is 3.00 bits per heavy atom. The van der Waals surface area contributed by atoms with Crippen molar-refractivity contribution in [3.63, 3.8) is 0 Å². The predicted octanol–water partition coefficient (Wildman–Crippen LogP) is 2.46. The molecular formula is C17H22ClN5O. The predicted molar refractivity (Wildman–Crippen MR) is 95.4 cm³/mol. The Balaban J connectivity index is 1.48. The van der Waals surface area contributed by atoms with Gasteiger partial charge in [0.05, 0.1) is 6.20 Å². The molecular weight excluding hydrogens is 326 g/mol. The summed E-state index contributed by atoms with van der Waals surface area (Å²) in [7, 11) is 1.89. The monoisotopic (exact) mass is 347 g/mol. The molecule has 24 heavy (non-hydrogen) atoms. The van der Waals surface area contributed by atoms with Crippen LogP contribution in [0.15, 0.2) is 30.5 Å². The average Bonchev–Trinajstić information content (AvgIpc) is 3.14. The maximum absolute atomic E-state index is 12.1. The maximum Gasteiger partial charge on any atom is 0.315 e. The van der Waals surface area contributed by atoms with E-state index in [2.05, 4.69) is 20.6 Å². The van der Waals surface area contributed by atoms with E-state index in [1.54, 1.807) is 10.9 Å². The number of aromatic nitrogens is 2. The van der Waals surface area contributed by atoms with Gasteiger partial charge in [-0.1, -0.05) is 17.7 Å². The van der Waals surface area contributed by atoms with Gasteiger partial charge in [-0.05, 0) is 31.5 Å². The van der Waals surface area contributed by atoms with Gasteiger partial charge >= 0.3 is 6.03 Å². The molecule has 7 heteroatoms. The lowest BCUT2D eigenvalue weighted by atomic mass is 10.2.